The molecular formula is C21H19N7O. The molecule has 0 fully saturated rings. The summed E-state index contributed by atoms with van der Waals surface area (Å²) >= 11 is 0. The highest BCUT2D eigenvalue weighted by molar-refractivity contribution is 5.82. The highest BCUT2D eigenvalue weighted by Crippen LogP contribution is 2.29. The van der Waals surface area contributed by atoms with E-state index >= 15 is 0 Å². The number of imidazole rings is 1. The Morgan fingerprint density at radius 1 is 1.03 bits per heavy atom. The van der Waals surface area contributed by atoms with E-state index in [1.165, 1.54) is 11.9 Å². The minimum absolute atomic E-state index is 0.473. The van der Waals surface area contributed by atoms with Crippen molar-refractivity contribution in [3.63, 3.8) is 0 Å². The third-order valence-electron chi connectivity index (χ3n) is 4.85. The van der Waals surface area contributed by atoms with Crippen LogP contribution in [0.3, 0.4) is 0 Å². The quantitative estimate of drug-likeness (QED) is 0.497. The van der Waals surface area contributed by atoms with Crippen molar-refractivity contribution in [2.24, 2.45) is 14.1 Å². The van der Waals surface area contributed by atoms with Crippen LogP contribution in [0.1, 0.15) is 5.56 Å². The molecule has 8 nitrogen and oxygen atoms in total. The summed E-state index contributed by atoms with van der Waals surface area (Å²) < 4.78 is 9.74. The number of rotatable bonds is 5. The van der Waals surface area contributed by atoms with Crippen molar-refractivity contribution in [3.05, 3.63) is 66.6 Å². The van der Waals surface area contributed by atoms with E-state index in [1.54, 1.807) is 10.9 Å². The molecule has 2 aromatic carbocycles. The number of ether oxygens (including phenoxy) is 1. The lowest BCUT2D eigenvalue weighted by molar-refractivity contribution is 0.468. The molecule has 0 amide bonds. The maximum absolute atomic E-state index is 6.02. The van der Waals surface area contributed by atoms with Crippen molar-refractivity contribution in [1.82, 2.24) is 29.3 Å². The average Bonchev–Trinajstić information content (AvgIpc) is 3.28. The molecule has 5 aromatic rings. The number of hydrogen-bond donors (Lipinski definition) is 1. The topological polar surface area (TPSA) is 82.7 Å². The van der Waals surface area contributed by atoms with Gasteiger partial charge in [-0.2, -0.15) is 5.10 Å². The van der Waals surface area contributed by atoms with Crippen molar-refractivity contribution in [2.75, 3.05) is 5.32 Å². The summed E-state index contributed by atoms with van der Waals surface area (Å²) in [7, 11) is 3.83. The Hall–Kier alpha value is -3.94. The fourth-order valence-electron chi connectivity index (χ4n) is 3.31. The van der Waals surface area contributed by atoms with Gasteiger partial charge < -0.3 is 14.6 Å². The molecule has 3 heterocycles. The Bertz CT molecular complexity index is 1310. The summed E-state index contributed by atoms with van der Waals surface area (Å²) in [4.78, 5) is 13.2. The molecule has 1 N–H and O–H groups in total. The van der Waals surface area contributed by atoms with Gasteiger partial charge >= 0.3 is 0 Å². The lowest BCUT2D eigenvalue weighted by Crippen LogP contribution is -2.04. The molecule has 144 valence electrons. The van der Waals surface area contributed by atoms with Crippen LogP contribution >= 0.6 is 0 Å². The van der Waals surface area contributed by atoms with Crippen LogP contribution in [-0.4, -0.2) is 29.3 Å². The summed E-state index contributed by atoms with van der Waals surface area (Å²) in [6, 6.07) is 16.1. The fourth-order valence-corrected chi connectivity index (χ4v) is 3.31. The first-order valence-electron chi connectivity index (χ1n) is 9.24. The van der Waals surface area contributed by atoms with Gasteiger partial charge in [-0.05, 0) is 17.7 Å². The SMILES string of the molecule is Cn1ncc2c(Oc3ccc4c(c3)nc(NCc3ccccc3)n4C)ncnc21. The van der Waals surface area contributed by atoms with Crippen molar-refractivity contribution in [2.45, 2.75) is 6.54 Å². The van der Waals surface area contributed by atoms with Crippen LogP contribution in [-0.2, 0) is 20.6 Å². The predicted octanol–water partition coefficient (Wildman–Crippen LogP) is 3.65. The summed E-state index contributed by atoms with van der Waals surface area (Å²) in [6.07, 6.45) is 3.18. The van der Waals surface area contributed by atoms with Gasteiger partial charge in [0.25, 0.3) is 0 Å². The molecule has 0 saturated carbocycles. The number of anilines is 1. The molecule has 0 saturated heterocycles. The molecule has 0 aliphatic rings. The molecular weight excluding hydrogens is 366 g/mol. The smallest absolute Gasteiger partial charge is 0.233 e. The van der Waals surface area contributed by atoms with Crippen LogP contribution in [0.2, 0.25) is 0 Å². The Kier molecular flexibility index (Phi) is 4.09. The van der Waals surface area contributed by atoms with Crippen LogP contribution in [0.5, 0.6) is 11.6 Å². The van der Waals surface area contributed by atoms with Gasteiger partial charge in [-0.3, -0.25) is 4.68 Å². The number of nitrogens with one attached hydrogen (secondary N) is 1. The average molecular weight is 385 g/mol. The highest BCUT2D eigenvalue weighted by atomic mass is 16.5. The van der Waals surface area contributed by atoms with Crippen molar-refractivity contribution in [1.29, 1.82) is 0 Å². The first-order chi connectivity index (χ1) is 14.2. The maximum atomic E-state index is 6.02. The van der Waals surface area contributed by atoms with Crippen LogP contribution in [0.25, 0.3) is 22.1 Å². The van der Waals surface area contributed by atoms with E-state index < -0.39 is 0 Å². The van der Waals surface area contributed by atoms with Gasteiger partial charge in [0.15, 0.2) is 5.65 Å². The number of fused-ring (bicyclic) bond motifs is 2. The van der Waals surface area contributed by atoms with E-state index in [4.69, 9.17) is 9.72 Å². The van der Waals surface area contributed by atoms with Crippen molar-refractivity contribution in [3.8, 4) is 11.6 Å². The third-order valence-corrected chi connectivity index (χ3v) is 4.85. The largest absolute Gasteiger partial charge is 0.438 e. The van der Waals surface area contributed by atoms with Crippen LogP contribution in [0, 0.1) is 0 Å². The first-order valence-corrected chi connectivity index (χ1v) is 9.24. The van der Waals surface area contributed by atoms with Crippen LogP contribution < -0.4 is 10.1 Å². The van der Waals surface area contributed by atoms with Crippen molar-refractivity contribution >= 4 is 28.0 Å². The summed E-state index contributed by atoms with van der Waals surface area (Å²) in [5.74, 6) is 1.94. The van der Waals surface area contributed by atoms with Gasteiger partial charge in [-0.25, -0.2) is 15.0 Å². The zero-order valence-electron chi connectivity index (χ0n) is 16.1. The normalized spacial score (nSPS) is 11.2. The minimum Gasteiger partial charge on any atom is -0.438 e. The molecule has 0 spiro atoms. The predicted molar refractivity (Wildman–Crippen MR) is 111 cm³/mol. The monoisotopic (exact) mass is 385 g/mol. The van der Waals surface area contributed by atoms with Gasteiger partial charge in [0.05, 0.1) is 17.2 Å². The van der Waals surface area contributed by atoms with Crippen LogP contribution in [0.15, 0.2) is 61.1 Å². The molecule has 0 radical (unpaired) electrons. The van der Waals surface area contributed by atoms with Crippen LogP contribution in [0.4, 0.5) is 5.95 Å². The standard InChI is InChI=1S/C21H19N7O/c1-27-18-9-8-15(29-20-16-12-25-28(2)19(16)23-13-24-20)10-17(18)26-21(27)22-11-14-6-4-3-5-7-14/h3-10,12-13H,11H2,1-2H3,(H,22,26). The van der Waals surface area contributed by atoms with Gasteiger partial charge in [0.2, 0.25) is 11.8 Å². The lowest BCUT2D eigenvalue weighted by Gasteiger charge is -2.06. The molecule has 0 atom stereocenters. The summed E-state index contributed by atoms with van der Waals surface area (Å²) in [5.41, 5.74) is 3.79. The van der Waals surface area contributed by atoms with E-state index in [2.05, 4.69) is 32.5 Å². The third kappa shape index (κ3) is 3.14. The second-order valence-electron chi connectivity index (χ2n) is 6.77. The zero-order valence-corrected chi connectivity index (χ0v) is 16.1. The second-order valence-corrected chi connectivity index (χ2v) is 6.77. The van der Waals surface area contributed by atoms with Crippen molar-refractivity contribution < 1.29 is 4.74 Å². The van der Waals surface area contributed by atoms with E-state index in [1.807, 2.05) is 55.1 Å². The Labute approximate surface area is 166 Å². The fraction of sp³-hybridized carbons (Fsp3) is 0.143. The van der Waals surface area contributed by atoms with E-state index in [9.17, 15) is 0 Å². The Morgan fingerprint density at radius 3 is 2.76 bits per heavy atom. The molecule has 5 rings (SSSR count). The number of aryl methyl sites for hydroxylation is 2. The molecule has 0 aliphatic carbocycles. The zero-order chi connectivity index (χ0) is 19.8. The molecule has 0 unspecified atom stereocenters. The lowest BCUT2D eigenvalue weighted by atomic mass is 10.2. The van der Waals surface area contributed by atoms with E-state index in [-0.39, 0.29) is 0 Å². The first kappa shape index (κ1) is 17.2. The van der Waals surface area contributed by atoms with Gasteiger partial charge in [-0.1, -0.05) is 30.3 Å². The van der Waals surface area contributed by atoms with Gasteiger partial charge in [0.1, 0.15) is 17.5 Å². The van der Waals surface area contributed by atoms with Gasteiger partial charge in [-0.15, -0.1) is 0 Å². The number of benzene rings is 2. The molecule has 29 heavy (non-hydrogen) atoms. The summed E-state index contributed by atoms with van der Waals surface area (Å²) in [6.45, 7) is 0.710. The minimum atomic E-state index is 0.473. The maximum Gasteiger partial charge on any atom is 0.233 e. The second kappa shape index (κ2) is 6.90. The molecule has 8 heteroatoms. The van der Waals surface area contributed by atoms with E-state index in [0.717, 1.165) is 28.0 Å². The molecule has 0 bridgehead atoms. The summed E-state index contributed by atoms with van der Waals surface area (Å²) in [5, 5.41) is 8.38. The Morgan fingerprint density at radius 2 is 1.90 bits per heavy atom. The Balaban J connectivity index is 1.42. The number of hydrogen-bond acceptors (Lipinski definition) is 6. The molecule has 3 aromatic heterocycles. The van der Waals surface area contributed by atoms with E-state index in [0.29, 0.717) is 18.2 Å². The number of aromatic nitrogens is 6. The number of nitrogens with zero attached hydrogens (tertiary/aromatic N) is 6. The molecule has 0 aliphatic heterocycles. The highest BCUT2D eigenvalue weighted by Gasteiger charge is 2.12. The van der Waals surface area contributed by atoms with Gasteiger partial charge in [0, 0.05) is 26.7 Å².